The molecule has 0 radical (unpaired) electrons. The summed E-state index contributed by atoms with van der Waals surface area (Å²) in [6.45, 7) is 4.17. The number of aromatic nitrogens is 2. The number of rotatable bonds is 5. The molecule has 0 aliphatic carbocycles. The fraction of sp³-hybridized carbons (Fsp3) is 0.385. The fourth-order valence-electron chi connectivity index (χ4n) is 1.56. The largest absolute Gasteiger partial charge is 0.377 e. The predicted molar refractivity (Wildman–Crippen MR) is 77.8 cm³/mol. The van der Waals surface area contributed by atoms with Crippen LogP contribution in [0.5, 0.6) is 0 Å². The van der Waals surface area contributed by atoms with Gasteiger partial charge < -0.3 is 15.0 Å². The first-order valence-corrected chi connectivity index (χ1v) is 6.89. The van der Waals surface area contributed by atoms with Crippen LogP contribution >= 0.6 is 23.2 Å². The van der Waals surface area contributed by atoms with Crippen LogP contribution in [-0.2, 0) is 4.74 Å². The van der Waals surface area contributed by atoms with Crippen LogP contribution in [0.25, 0.3) is 11.5 Å². The van der Waals surface area contributed by atoms with Crippen molar-refractivity contribution in [3.63, 3.8) is 0 Å². The van der Waals surface area contributed by atoms with Crippen LogP contribution in [-0.4, -0.2) is 22.9 Å². The summed E-state index contributed by atoms with van der Waals surface area (Å²) in [5, 5.41) is 4.73. The van der Waals surface area contributed by atoms with Gasteiger partial charge in [-0.25, -0.2) is 0 Å². The van der Waals surface area contributed by atoms with Crippen molar-refractivity contribution in [1.82, 2.24) is 10.1 Å². The first-order valence-electron chi connectivity index (χ1n) is 6.14. The summed E-state index contributed by atoms with van der Waals surface area (Å²) in [6, 6.07) is 4.69. The van der Waals surface area contributed by atoms with Gasteiger partial charge in [0, 0.05) is 0 Å². The van der Waals surface area contributed by atoms with Crippen LogP contribution in [0, 0.1) is 0 Å². The van der Waals surface area contributed by atoms with Crippen molar-refractivity contribution in [3.05, 3.63) is 34.1 Å². The molecule has 0 bridgehead atoms. The molecule has 2 aromatic rings. The van der Waals surface area contributed by atoms with Gasteiger partial charge in [-0.2, -0.15) is 4.98 Å². The van der Waals surface area contributed by atoms with Crippen LogP contribution < -0.4 is 5.73 Å². The van der Waals surface area contributed by atoms with E-state index in [4.69, 9.17) is 38.2 Å². The van der Waals surface area contributed by atoms with Gasteiger partial charge in [0.1, 0.15) is 0 Å². The first kappa shape index (κ1) is 15.3. The van der Waals surface area contributed by atoms with Gasteiger partial charge in [-0.05, 0) is 26.0 Å². The van der Waals surface area contributed by atoms with Crippen molar-refractivity contribution in [1.29, 1.82) is 0 Å². The van der Waals surface area contributed by atoms with E-state index in [0.29, 0.717) is 28.0 Å². The number of ether oxygens (including phenoxy) is 1. The molecule has 0 saturated carbocycles. The number of hydrogen-bond donors (Lipinski definition) is 1. The Kier molecular flexibility index (Phi) is 4.99. The summed E-state index contributed by atoms with van der Waals surface area (Å²) in [5.74, 6) is 0.604. The minimum Gasteiger partial charge on any atom is -0.377 e. The van der Waals surface area contributed by atoms with Crippen LogP contribution in [0.2, 0.25) is 10.0 Å². The molecule has 0 aliphatic heterocycles. The second-order valence-corrected chi connectivity index (χ2v) is 5.36. The zero-order valence-electron chi connectivity index (χ0n) is 11.1. The highest BCUT2D eigenvalue weighted by Gasteiger charge is 2.19. The maximum atomic E-state index is 6.09. The van der Waals surface area contributed by atoms with Gasteiger partial charge in [-0.1, -0.05) is 34.4 Å². The van der Waals surface area contributed by atoms with Crippen molar-refractivity contribution in [2.45, 2.75) is 26.0 Å². The Morgan fingerprint density at radius 2 is 1.95 bits per heavy atom. The molecule has 2 rings (SSSR count). The summed E-state index contributed by atoms with van der Waals surface area (Å²) in [7, 11) is 0. The van der Waals surface area contributed by atoms with Gasteiger partial charge >= 0.3 is 0 Å². The minimum absolute atomic E-state index is 0.0884. The molecule has 0 amide bonds. The topological polar surface area (TPSA) is 74.2 Å². The average Bonchev–Trinajstić information content (AvgIpc) is 2.85. The second kappa shape index (κ2) is 6.54. The molecular formula is C13H15Cl2N3O2. The lowest BCUT2D eigenvalue weighted by Gasteiger charge is -2.10. The summed E-state index contributed by atoms with van der Waals surface area (Å²) in [4.78, 5) is 4.23. The molecule has 1 aromatic heterocycles. The standard InChI is InChI=1S/C13H15Cl2N3O2/c1-7(2)19-6-10(16)12-17-13(20-18-12)11-8(14)4-3-5-9(11)15/h3-5,7,10H,6,16H2,1-2H3. The van der Waals surface area contributed by atoms with Crippen LogP contribution in [0.4, 0.5) is 0 Å². The molecule has 0 aliphatic rings. The molecular weight excluding hydrogens is 301 g/mol. The Balaban J connectivity index is 2.20. The number of benzene rings is 1. The molecule has 0 spiro atoms. The van der Waals surface area contributed by atoms with E-state index in [0.717, 1.165) is 0 Å². The number of nitrogens with zero attached hydrogens (tertiary/aromatic N) is 2. The molecule has 1 heterocycles. The van der Waals surface area contributed by atoms with E-state index in [9.17, 15) is 0 Å². The highest BCUT2D eigenvalue weighted by Crippen LogP contribution is 2.33. The Morgan fingerprint density at radius 1 is 1.30 bits per heavy atom. The van der Waals surface area contributed by atoms with Crippen LogP contribution in [0.3, 0.4) is 0 Å². The number of nitrogens with two attached hydrogens (primary N) is 1. The molecule has 108 valence electrons. The third kappa shape index (κ3) is 3.49. The Hall–Kier alpha value is -1.14. The van der Waals surface area contributed by atoms with E-state index >= 15 is 0 Å². The fourth-order valence-corrected chi connectivity index (χ4v) is 2.12. The van der Waals surface area contributed by atoms with Crippen molar-refractivity contribution in [3.8, 4) is 11.5 Å². The van der Waals surface area contributed by atoms with Gasteiger partial charge in [0.25, 0.3) is 5.89 Å². The highest BCUT2D eigenvalue weighted by molar-refractivity contribution is 6.38. The minimum atomic E-state index is -0.462. The van der Waals surface area contributed by atoms with Gasteiger partial charge in [-0.3, -0.25) is 0 Å². The summed E-state index contributed by atoms with van der Waals surface area (Å²) < 4.78 is 10.6. The lowest BCUT2D eigenvalue weighted by molar-refractivity contribution is 0.0665. The Labute approximate surface area is 127 Å². The molecule has 20 heavy (non-hydrogen) atoms. The van der Waals surface area contributed by atoms with E-state index in [-0.39, 0.29) is 12.0 Å². The second-order valence-electron chi connectivity index (χ2n) is 4.54. The van der Waals surface area contributed by atoms with E-state index in [2.05, 4.69) is 10.1 Å². The van der Waals surface area contributed by atoms with E-state index in [1.807, 2.05) is 13.8 Å². The van der Waals surface area contributed by atoms with Crippen molar-refractivity contribution >= 4 is 23.2 Å². The maximum Gasteiger partial charge on any atom is 0.261 e. The van der Waals surface area contributed by atoms with Crippen molar-refractivity contribution in [2.24, 2.45) is 5.73 Å². The Morgan fingerprint density at radius 3 is 2.55 bits per heavy atom. The monoisotopic (exact) mass is 315 g/mol. The molecule has 5 nitrogen and oxygen atoms in total. The molecule has 7 heteroatoms. The molecule has 1 unspecified atom stereocenters. The molecule has 0 saturated heterocycles. The lowest BCUT2D eigenvalue weighted by atomic mass is 10.2. The lowest BCUT2D eigenvalue weighted by Crippen LogP contribution is -2.20. The van der Waals surface area contributed by atoms with Gasteiger partial charge in [0.05, 0.1) is 34.4 Å². The van der Waals surface area contributed by atoms with Crippen LogP contribution in [0.1, 0.15) is 25.7 Å². The average molecular weight is 316 g/mol. The third-order valence-corrected chi connectivity index (χ3v) is 3.19. The van der Waals surface area contributed by atoms with Crippen molar-refractivity contribution in [2.75, 3.05) is 6.61 Å². The maximum absolute atomic E-state index is 6.09. The normalized spacial score (nSPS) is 12.9. The molecule has 2 N–H and O–H groups in total. The van der Waals surface area contributed by atoms with Crippen LogP contribution in [0.15, 0.2) is 22.7 Å². The van der Waals surface area contributed by atoms with Gasteiger partial charge in [-0.15, -0.1) is 0 Å². The first-order chi connectivity index (χ1) is 9.49. The zero-order valence-corrected chi connectivity index (χ0v) is 12.6. The smallest absolute Gasteiger partial charge is 0.261 e. The van der Waals surface area contributed by atoms with Crippen molar-refractivity contribution < 1.29 is 9.26 Å². The SMILES string of the molecule is CC(C)OCC(N)c1noc(-c2c(Cl)cccc2Cl)n1. The third-order valence-electron chi connectivity index (χ3n) is 2.56. The van der Waals surface area contributed by atoms with Gasteiger partial charge in [0.2, 0.25) is 0 Å². The highest BCUT2D eigenvalue weighted by atomic mass is 35.5. The summed E-state index contributed by atoms with van der Waals surface area (Å²) in [6.07, 6.45) is 0.0884. The van der Waals surface area contributed by atoms with E-state index < -0.39 is 6.04 Å². The van der Waals surface area contributed by atoms with Gasteiger partial charge in [0.15, 0.2) is 5.82 Å². The Bertz CT molecular complexity index is 566. The zero-order chi connectivity index (χ0) is 14.7. The summed E-state index contributed by atoms with van der Waals surface area (Å²) in [5.41, 5.74) is 6.44. The molecule has 1 aromatic carbocycles. The summed E-state index contributed by atoms with van der Waals surface area (Å²) >= 11 is 12.2. The van der Waals surface area contributed by atoms with E-state index in [1.165, 1.54) is 0 Å². The van der Waals surface area contributed by atoms with E-state index in [1.54, 1.807) is 18.2 Å². The number of halogens is 2. The molecule has 0 fully saturated rings. The quantitative estimate of drug-likeness (QED) is 0.914. The number of hydrogen-bond acceptors (Lipinski definition) is 5. The molecule has 1 atom stereocenters. The predicted octanol–water partition coefficient (Wildman–Crippen LogP) is 3.47.